The summed E-state index contributed by atoms with van der Waals surface area (Å²) in [4.78, 5) is 24.0. The van der Waals surface area contributed by atoms with Gasteiger partial charge < -0.3 is 20.1 Å². The first-order valence-corrected chi connectivity index (χ1v) is 7.30. The lowest BCUT2D eigenvalue weighted by Crippen LogP contribution is -2.45. The van der Waals surface area contributed by atoms with Crippen molar-refractivity contribution in [3.63, 3.8) is 0 Å². The van der Waals surface area contributed by atoms with Gasteiger partial charge in [-0.2, -0.15) is 5.10 Å². The van der Waals surface area contributed by atoms with Crippen LogP contribution in [0.4, 0.5) is 5.69 Å². The standard InChI is InChI=1S/C14H22N4O4/c1-4-21-13(20)14(2,3)18-9-10(7-16-18)17-12(19)11-8-15-5-6-22-11/h7,9,11,15H,4-6,8H2,1-3H3,(H,17,19). The topological polar surface area (TPSA) is 94.5 Å². The van der Waals surface area contributed by atoms with Gasteiger partial charge in [0, 0.05) is 19.3 Å². The van der Waals surface area contributed by atoms with Crippen molar-refractivity contribution in [2.75, 3.05) is 31.6 Å². The van der Waals surface area contributed by atoms with E-state index in [1.165, 1.54) is 10.9 Å². The van der Waals surface area contributed by atoms with Crippen molar-refractivity contribution in [1.82, 2.24) is 15.1 Å². The molecule has 1 aromatic rings. The largest absolute Gasteiger partial charge is 0.464 e. The van der Waals surface area contributed by atoms with E-state index < -0.39 is 11.6 Å². The molecule has 1 amide bonds. The summed E-state index contributed by atoms with van der Waals surface area (Å²) >= 11 is 0. The van der Waals surface area contributed by atoms with Crippen molar-refractivity contribution in [2.24, 2.45) is 0 Å². The van der Waals surface area contributed by atoms with E-state index in [-0.39, 0.29) is 11.9 Å². The molecule has 2 N–H and O–H groups in total. The molecule has 1 atom stereocenters. The van der Waals surface area contributed by atoms with Gasteiger partial charge in [0.05, 0.1) is 25.1 Å². The van der Waals surface area contributed by atoms with Gasteiger partial charge in [-0.1, -0.05) is 0 Å². The van der Waals surface area contributed by atoms with E-state index in [1.807, 2.05) is 0 Å². The zero-order chi connectivity index (χ0) is 16.2. The molecule has 1 aliphatic heterocycles. The fourth-order valence-corrected chi connectivity index (χ4v) is 2.05. The Balaban J connectivity index is 2.01. The molecule has 1 aromatic heterocycles. The van der Waals surface area contributed by atoms with Gasteiger partial charge in [0.25, 0.3) is 5.91 Å². The van der Waals surface area contributed by atoms with Crippen LogP contribution in [0.5, 0.6) is 0 Å². The van der Waals surface area contributed by atoms with Crippen molar-refractivity contribution < 1.29 is 19.1 Å². The number of rotatable bonds is 5. The number of nitrogens with one attached hydrogen (secondary N) is 2. The normalized spacial score (nSPS) is 18.8. The number of anilines is 1. The van der Waals surface area contributed by atoms with Gasteiger partial charge in [0.15, 0.2) is 5.54 Å². The van der Waals surface area contributed by atoms with Crippen molar-refractivity contribution in [3.05, 3.63) is 12.4 Å². The van der Waals surface area contributed by atoms with Crippen LogP contribution in [0.2, 0.25) is 0 Å². The highest BCUT2D eigenvalue weighted by atomic mass is 16.5. The lowest BCUT2D eigenvalue weighted by atomic mass is 10.1. The number of amides is 1. The van der Waals surface area contributed by atoms with Gasteiger partial charge in [0.2, 0.25) is 0 Å². The Hall–Kier alpha value is -1.93. The molecule has 1 aliphatic rings. The minimum absolute atomic E-state index is 0.235. The molecule has 0 spiro atoms. The summed E-state index contributed by atoms with van der Waals surface area (Å²) in [7, 11) is 0. The molecule has 1 saturated heterocycles. The summed E-state index contributed by atoms with van der Waals surface area (Å²) < 4.78 is 11.9. The van der Waals surface area contributed by atoms with E-state index >= 15 is 0 Å². The van der Waals surface area contributed by atoms with Gasteiger partial charge in [-0.3, -0.25) is 9.48 Å². The quantitative estimate of drug-likeness (QED) is 0.750. The summed E-state index contributed by atoms with van der Waals surface area (Å²) in [6.07, 6.45) is 2.58. The number of aromatic nitrogens is 2. The highest BCUT2D eigenvalue weighted by Crippen LogP contribution is 2.19. The molecule has 8 nitrogen and oxygen atoms in total. The molecule has 2 rings (SSSR count). The third-order valence-corrected chi connectivity index (χ3v) is 3.42. The number of carbonyl (C=O) groups excluding carboxylic acids is 2. The molecular weight excluding hydrogens is 288 g/mol. The van der Waals surface area contributed by atoms with Crippen LogP contribution in [0, 0.1) is 0 Å². The Bertz CT molecular complexity index is 535. The fourth-order valence-electron chi connectivity index (χ4n) is 2.05. The van der Waals surface area contributed by atoms with Gasteiger partial charge in [0.1, 0.15) is 6.10 Å². The summed E-state index contributed by atoms with van der Waals surface area (Å²) in [6.45, 7) is 7.20. The summed E-state index contributed by atoms with van der Waals surface area (Å²) in [5, 5.41) is 9.96. The molecule has 0 saturated carbocycles. The molecule has 0 bridgehead atoms. The van der Waals surface area contributed by atoms with Gasteiger partial charge in [-0.15, -0.1) is 0 Å². The van der Waals surface area contributed by atoms with Gasteiger partial charge in [-0.05, 0) is 20.8 Å². The van der Waals surface area contributed by atoms with Gasteiger partial charge >= 0.3 is 5.97 Å². The molecule has 2 heterocycles. The first-order valence-electron chi connectivity index (χ1n) is 7.30. The van der Waals surface area contributed by atoms with Crippen LogP contribution in [-0.2, 0) is 24.6 Å². The van der Waals surface area contributed by atoms with Crippen LogP contribution in [0.1, 0.15) is 20.8 Å². The lowest BCUT2D eigenvalue weighted by Gasteiger charge is -2.23. The molecule has 0 radical (unpaired) electrons. The van der Waals surface area contributed by atoms with Crippen molar-refractivity contribution in [3.8, 4) is 0 Å². The Morgan fingerprint density at radius 3 is 3.00 bits per heavy atom. The molecule has 122 valence electrons. The van der Waals surface area contributed by atoms with E-state index in [2.05, 4.69) is 15.7 Å². The van der Waals surface area contributed by atoms with E-state index in [0.29, 0.717) is 25.4 Å². The maximum absolute atomic E-state index is 12.1. The zero-order valence-corrected chi connectivity index (χ0v) is 13.1. The van der Waals surface area contributed by atoms with E-state index in [9.17, 15) is 9.59 Å². The minimum atomic E-state index is -0.943. The van der Waals surface area contributed by atoms with Crippen LogP contribution in [0.15, 0.2) is 12.4 Å². The SMILES string of the molecule is CCOC(=O)C(C)(C)n1cc(NC(=O)C2CNCCO2)cn1. The molecule has 0 aromatic carbocycles. The Morgan fingerprint density at radius 1 is 1.59 bits per heavy atom. The second-order valence-electron chi connectivity index (χ2n) is 5.51. The van der Waals surface area contributed by atoms with Crippen LogP contribution < -0.4 is 10.6 Å². The molecule has 1 fully saturated rings. The summed E-state index contributed by atoms with van der Waals surface area (Å²) in [5.41, 5.74) is -0.432. The Kier molecular flexibility index (Phi) is 5.15. The molecule has 1 unspecified atom stereocenters. The summed E-state index contributed by atoms with van der Waals surface area (Å²) in [5.74, 6) is -0.614. The predicted octanol–water partition coefficient (Wildman–Crippen LogP) is 0.108. The van der Waals surface area contributed by atoms with E-state index in [0.717, 1.165) is 6.54 Å². The van der Waals surface area contributed by atoms with Crippen molar-refractivity contribution >= 4 is 17.6 Å². The average Bonchev–Trinajstić information content (AvgIpc) is 2.97. The zero-order valence-electron chi connectivity index (χ0n) is 13.1. The number of carbonyl (C=O) groups is 2. The number of hydrogen-bond acceptors (Lipinski definition) is 6. The Labute approximate surface area is 129 Å². The lowest BCUT2D eigenvalue weighted by molar-refractivity contribution is -0.152. The van der Waals surface area contributed by atoms with Crippen LogP contribution in [0.25, 0.3) is 0 Å². The first-order chi connectivity index (χ1) is 10.4. The maximum Gasteiger partial charge on any atom is 0.333 e. The third-order valence-electron chi connectivity index (χ3n) is 3.42. The fraction of sp³-hybridized carbons (Fsp3) is 0.643. The highest BCUT2D eigenvalue weighted by Gasteiger charge is 2.32. The van der Waals surface area contributed by atoms with Crippen molar-refractivity contribution in [2.45, 2.75) is 32.4 Å². The number of esters is 1. The van der Waals surface area contributed by atoms with Crippen LogP contribution in [0.3, 0.4) is 0 Å². The van der Waals surface area contributed by atoms with Gasteiger partial charge in [-0.25, -0.2) is 4.79 Å². The third kappa shape index (κ3) is 3.63. The summed E-state index contributed by atoms with van der Waals surface area (Å²) in [6, 6.07) is 0. The van der Waals surface area contributed by atoms with Crippen molar-refractivity contribution in [1.29, 1.82) is 0 Å². The van der Waals surface area contributed by atoms with E-state index in [1.54, 1.807) is 27.0 Å². The van der Waals surface area contributed by atoms with Crippen LogP contribution >= 0.6 is 0 Å². The molecule has 22 heavy (non-hydrogen) atoms. The van der Waals surface area contributed by atoms with Crippen LogP contribution in [-0.4, -0.2) is 54.1 Å². The Morgan fingerprint density at radius 2 is 2.36 bits per heavy atom. The monoisotopic (exact) mass is 310 g/mol. The second-order valence-corrected chi connectivity index (χ2v) is 5.51. The first kappa shape index (κ1) is 16.4. The molecular formula is C14H22N4O4. The maximum atomic E-state index is 12.1. The molecule has 0 aliphatic carbocycles. The second kappa shape index (κ2) is 6.89. The number of hydrogen-bond donors (Lipinski definition) is 2. The average molecular weight is 310 g/mol. The minimum Gasteiger partial charge on any atom is -0.464 e. The number of nitrogens with zero attached hydrogens (tertiary/aromatic N) is 2. The predicted molar refractivity (Wildman–Crippen MR) is 79.4 cm³/mol. The number of morpholine rings is 1. The number of ether oxygens (including phenoxy) is 2. The highest BCUT2D eigenvalue weighted by molar-refractivity contribution is 5.94. The van der Waals surface area contributed by atoms with E-state index in [4.69, 9.17) is 9.47 Å². The molecule has 8 heteroatoms. The smallest absolute Gasteiger partial charge is 0.333 e.